The van der Waals surface area contributed by atoms with E-state index in [1.54, 1.807) is 0 Å². The van der Waals surface area contributed by atoms with Crippen LogP contribution in [0.5, 0.6) is 0 Å². The molecule has 0 saturated carbocycles. The van der Waals surface area contributed by atoms with Crippen molar-refractivity contribution >= 4 is 11.8 Å². The first-order valence-corrected chi connectivity index (χ1v) is 24.1. The number of hydrogen-bond donors (Lipinski definition) is 0. The molecule has 47 heavy (non-hydrogen) atoms. The van der Waals surface area contributed by atoms with Crippen LogP contribution in [0.4, 0.5) is 0 Å². The highest BCUT2D eigenvalue weighted by atomic mass is 32.2. The lowest BCUT2D eigenvalue weighted by molar-refractivity contribution is 0.521. The van der Waals surface area contributed by atoms with Gasteiger partial charge in [0.2, 0.25) is 0 Å². The fourth-order valence-corrected chi connectivity index (χ4v) is 8.39. The van der Waals surface area contributed by atoms with Crippen molar-refractivity contribution in [3.63, 3.8) is 0 Å². The average molecular weight is 679 g/mol. The monoisotopic (exact) mass is 679 g/mol. The van der Waals surface area contributed by atoms with Crippen LogP contribution in [0.25, 0.3) is 0 Å². The first kappa shape index (κ1) is 47.4. The second kappa shape index (κ2) is 46.4. The van der Waals surface area contributed by atoms with E-state index in [4.69, 9.17) is 0 Å². The molecule has 0 bridgehead atoms. The molecule has 0 spiro atoms. The standard InChI is InChI=1S/C46H94S/c1-3-5-7-9-11-13-15-17-19-21-23-25-27-29-31-33-35-37-39-41-43-45-47-46-44-42-40-38-36-34-32-30-28-26-24-22-20-18-16-14-12-10-8-6-4-2/h3-46H2,1-2H3. The van der Waals surface area contributed by atoms with Gasteiger partial charge >= 0.3 is 0 Å². The van der Waals surface area contributed by atoms with Crippen LogP contribution in [-0.4, -0.2) is 11.5 Å². The molecular formula is C46H94S. The van der Waals surface area contributed by atoms with Gasteiger partial charge in [-0.3, -0.25) is 0 Å². The van der Waals surface area contributed by atoms with Crippen molar-refractivity contribution < 1.29 is 0 Å². The number of thioether (sulfide) groups is 1. The van der Waals surface area contributed by atoms with E-state index in [0.717, 1.165) is 0 Å². The molecule has 0 fully saturated rings. The predicted octanol–water partition coefficient (Wildman–Crippen LogP) is 18.1. The molecule has 0 saturated heterocycles. The third-order valence-electron chi connectivity index (χ3n) is 10.8. The molecule has 0 aliphatic heterocycles. The Morgan fingerprint density at radius 1 is 0.170 bits per heavy atom. The van der Waals surface area contributed by atoms with E-state index in [2.05, 4.69) is 25.6 Å². The first-order valence-electron chi connectivity index (χ1n) is 23.0. The van der Waals surface area contributed by atoms with Gasteiger partial charge in [-0.1, -0.05) is 271 Å². The first-order chi connectivity index (χ1) is 23.4. The van der Waals surface area contributed by atoms with Crippen LogP contribution in [0.15, 0.2) is 0 Å². The highest BCUT2D eigenvalue weighted by Crippen LogP contribution is 2.18. The Labute approximate surface area is 305 Å². The van der Waals surface area contributed by atoms with Crippen LogP contribution >= 0.6 is 11.8 Å². The van der Waals surface area contributed by atoms with Crippen molar-refractivity contribution in [2.24, 2.45) is 0 Å². The summed E-state index contributed by atoms with van der Waals surface area (Å²) in [6, 6.07) is 0. The molecular weight excluding hydrogens is 585 g/mol. The van der Waals surface area contributed by atoms with Crippen molar-refractivity contribution in [1.29, 1.82) is 0 Å². The van der Waals surface area contributed by atoms with Crippen molar-refractivity contribution in [3.8, 4) is 0 Å². The van der Waals surface area contributed by atoms with E-state index in [1.165, 1.54) is 281 Å². The molecule has 0 heterocycles. The lowest BCUT2D eigenvalue weighted by atomic mass is 10.0. The maximum atomic E-state index is 2.31. The Balaban J connectivity index is 3.03. The van der Waals surface area contributed by atoms with E-state index in [1.807, 2.05) is 0 Å². The van der Waals surface area contributed by atoms with E-state index in [9.17, 15) is 0 Å². The molecule has 0 radical (unpaired) electrons. The fourth-order valence-electron chi connectivity index (χ4n) is 7.37. The van der Waals surface area contributed by atoms with E-state index >= 15 is 0 Å². The molecule has 0 nitrogen and oxygen atoms in total. The third-order valence-corrected chi connectivity index (χ3v) is 11.9. The molecule has 0 aromatic heterocycles. The molecule has 284 valence electrons. The Morgan fingerprint density at radius 3 is 0.447 bits per heavy atom. The Morgan fingerprint density at radius 2 is 0.298 bits per heavy atom. The van der Waals surface area contributed by atoms with E-state index in [-0.39, 0.29) is 0 Å². The number of hydrogen-bond acceptors (Lipinski definition) is 1. The summed E-state index contributed by atoms with van der Waals surface area (Å²) in [5.74, 6) is 2.83. The van der Waals surface area contributed by atoms with Gasteiger partial charge in [0.25, 0.3) is 0 Å². The number of rotatable bonds is 44. The van der Waals surface area contributed by atoms with Crippen molar-refractivity contribution in [2.45, 2.75) is 284 Å². The maximum absolute atomic E-state index is 2.31. The zero-order chi connectivity index (χ0) is 33.8. The summed E-state index contributed by atoms with van der Waals surface area (Å²) in [5, 5.41) is 0. The second-order valence-corrected chi connectivity index (χ2v) is 17.0. The summed E-state index contributed by atoms with van der Waals surface area (Å²) in [6.45, 7) is 4.62. The molecule has 0 N–H and O–H groups in total. The Bertz CT molecular complexity index is 457. The van der Waals surface area contributed by atoms with Crippen LogP contribution in [0, 0.1) is 0 Å². The van der Waals surface area contributed by atoms with Gasteiger partial charge in [0.1, 0.15) is 0 Å². The minimum Gasteiger partial charge on any atom is -0.162 e. The lowest BCUT2D eigenvalue weighted by Crippen LogP contribution is -1.87. The van der Waals surface area contributed by atoms with Crippen molar-refractivity contribution in [1.82, 2.24) is 0 Å². The average Bonchev–Trinajstić information content (AvgIpc) is 3.08. The highest BCUT2D eigenvalue weighted by Gasteiger charge is 1.98. The van der Waals surface area contributed by atoms with Gasteiger partial charge in [-0.05, 0) is 24.3 Å². The topological polar surface area (TPSA) is 0 Å². The molecule has 0 amide bonds. The number of unbranched alkanes of at least 4 members (excludes halogenated alkanes) is 40. The van der Waals surface area contributed by atoms with Crippen LogP contribution in [0.1, 0.15) is 284 Å². The normalized spacial score (nSPS) is 11.6. The Kier molecular flexibility index (Phi) is 46.7. The zero-order valence-corrected chi connectivity index (χ0v) is 34.3. The van der Waals surface area contributed by atoms with Gasteiger partial charge < -0.3 is 0 Å². The van der Waals surface area contributed by atoms with Gasteiger partial charge in [0.05, 0.1) is 0 Å². The van der Waals surface area contributed by atoms with Crippen molar-refractivity contribution in [2.75, 3.05) is 11.5 Å². The van der Waals surface area contributed by atoms with Crippen LogP contribution < -0.4 is 0 Å². The lowest BCUT2D eigenvalue weighted by Gasteiger charge is -2.05. The summed E-state index contributed by atoms with van der Waals surface area (Å²) >= 11 is 2.23. The maximum Gasteiger partial charge on any atom is -0.00675 e. The molecule has 0 unspecified atom stereocenters. The van der Waals surface area contributed by atoms with Gasteiger partial charge in [0.15, 0.2) is 0 Å². The minimum atomic E-state index is 1.37. The van der Waals surface area contributed by atoms with Gasteiger partial charge in [0, 0.05) is 0 Å². The molecule has 0 aliphatic rings. The summed E-state index contributed by atoms with van der Waals surface area (Å²) in [5.41, 5.74) is 0. The molecule has 0 aromatic carbocycles. The summed E-state index contributed by atoms with van der Waals surface area (Å²) in [6.07, 6.45) is 62.1. The van der Waals surface area contributed by atoms with Crippen LogP contribution in [-0.2, 0) is 0 Å². The molecule has 1 heteroatoms. The van der Waals surface area contributed by atoms with E-state index in [0.29, 0.717) is 0 Å². The Hall–Kier alpha value is 0.350. The van der Waals surface area contributed by atoms with Crippen LogP contribution in [0.3, 0.4) is 0 Å². The summed E-state index contributed by atoms with van der Waals surface area (Å²) < 4.78 is 0. The highest BCUT2D eigenvalue weighted by molar-refractivity contribution is 7.99. The summed E-state index contributed by atoms with van der Waals surface area (Å²) in [7, 11) is 0. The SMILES string of the molecule is CCCCCCCCCCCCCCCCCCCCCCCSCCCCCCCCCCCCCCCCCCCCCCC. The largest absolute Gasteiger partial charge is 0.162 e. The van der Waals surface area contributed by atoms with Gasteiger partial charge in [-0.2, -0.15) is 11.8 Å². The predicted molar refractivity (Wildman–Crippen MR) is 223 cm³/mol. The smallest absolute Gasteiger partial charge is 0.00675 e. The summed E-state index contributed by atoms with van der Waals surface area (Å²) in [4.78, 5) is 0. The molecule has 0 rings (SSSR count). The second-order valence-electron chi connectivity index (χ2n) is 15.8. The van der Waals surface area contributed by atoms with Gasteiger partial charge in [-0.15, -0.1) is 0 Å². The molecule has 0 atom stereocenters. The quantitative estimate of drug-likeness (QED) is 0.0578. The molecule has 0 aliphatic carbocycles. The fraction of sp³-hybridized carbons (Fsp3) is 1.00. The third kappa shape index (κ3) is 46.3. The molecule has 0 aromatic rings. The van der Waals surface area contributed by atoms with Gasteiger partial charge in [-0.25, -0.2) is 0 Å². The van der Waals surface area contributed by atoms with Crippen molar-refractivity contribution in [3.05, 3.63) is 0 Å². The zero-order valence-electron chi connectivity index (χ0n) is 33.5. The minimum absolute atomic E-state index is 1.37. The van der Waals surface area contributed by atoms with Crippen LogP contribution in [0.2, 0.25) is 0 Å². The van der Waals surface area contributed by atoms with E-state index < -0.39 is 0 Å².